The lowest BCUT2D eigenvalue weighted by Crippen LogP contribution is -2.30. The Kier molecular flexibility index (Phi) is 4.17. The van der Waals surface area contributed by atoms with Crippen molar-refractivity contribution in [1.29, 1.82) is 0 Å². The van der Waals surface area contributed by atoms with Crippen molar-refractivity contribution in [2.24, 2.45) is 0 Å². The van der Waals surface area contributed by atoms with E-state index < -0.39 is 0 Å². The summed E-state index contributed by atoms with van der Waals surface area (Å²) in [6, 6.07) is 0. The summed E-state index contributed by atoms with van der Waals surface area (Å²) in [6.45, 7) is 4.24. The van der Waals surface area contributed by atoms with Crippen molar-refractivity contribution in [3.05, 3.63) is 10.8 Å². The fourth-order valence-corrected chi connectivity index (χ4v) is 2.28. The standard InChI is InChI=1S/C11H18BrN5/c1-13-10-11(15-9(12)8-14-10)17-5-3-4-16(2)6-7-17/h8H,3-7H2,1-2H3,(H,13,14). The number of hydrogen-bond donors (Lipinski definition) is 1. The van der Waals surface area contributed by atoms with Gasteiger partial charge in [0.25, 0.3) is 0 Å². The van der Waals surface area contributed by atoms with Crippen LogP contribution in [0.5, 0.6) is 0 Å². The first-order valence-electron chi connectivity index (χ1n) is 5.84. The number of nitrogens with zero attached hydrogens (tertiary/aromatic N) is 4. The number of aromatic nitrogens is 2. The molecule has 1 saturated heterocycles. The summed E-state index contributed by atoms with van der Waals surface area (Å²) in [7, 11) is 4.04. The molecule has 0 aliphatic carbocycles. The van der Waals surface area contributed by atoms with E-state index in [-0.39, 0.29) is 0 Å². The van der Waals surface area contributed by atoms with E-state index in [2.05, 4.69) is 48.1 Å². The lowest BCUT2D eigenvalue weighted by Gasteiger charge is -2.23. The highest BCUT2D eigenvalue weighted by molar-refractivity contribution is 9.10. The number of rotatable bonds is 2. The highest BCUT2D eigenvalue weighted by Crippen LogP contribution is 2.23. The Morgan fingerprint density at radius 3 is 2.88 bits per heavy atom. The maximum atomic E-state index is 4.53. The van der Waals surface area contributed by atoms with E-state index in [1.165, 1.54) is 0 Å². The second-order valence-electron chi connectivity index (χ2n) is 4.26. The maximum Gasteiger partial charge on any atom is 0.172 e. The minimum atomic E-state index is 0.782. The third-order valence-corrected chi connectivity index (χ3v) is 3.36. The van der Waals surface area contributed by atoms with Gasteiger partial charge in [-0.1, -0.05) is 0 Å². The van der Waals surface area contributed by atoms with Gasteiger partial charge in [0.05, 0.1) is 6.20 Å². The zero-order chi connectivity index (χ0) is 12.3. The van der Waals surface area contributed by atoms with Crippen molar-refractivity contribution in [3.8, 4) is 0 Å². The summed E-state index contributed by atoms with van der Waals surface area (Å²) >= 11 is 3.39. The molecule has 0 radical (unpaired) electrons. The molecule has 2 rings (SSSR count). The van der Waals surface area contributed by atoms with E-state index in [4.69, 9.17) is 0 Å². The molecule has 1 aromatic heterocycles. The summed E-state index contributed by atoms with van der Waals surface area (Å²) in [6.07, 6.45) is 2.88. The normalized spacial score (nSPS) is 17.9. The number of hydrogen-bond acceptors (Lipinski definition) is 5. The van der Waals surface area contributed by atoms with E-state index in [0.29, 0.717) is 0 Å². The van der Waals surface area contributed by atoms with E-state index >= 15 is 0 Å². The number of nitrogens with one attached hydrogen (secondary N) is 1. The van der Waals surface area contributed by atoms with Crippen LogP contribution in [-0.4, -0.2) is 55.1 Å². The molecular formula is C11H18BrN5. The molecule has 1 aromatic rings. The molecule has 0 saturated carbocycles. The lowest BCUT2D eigenvalue weighted by molar-refractivity contribution is 0.360. The third-order valence-electron chi connectivity index (χ3n) is 2.98. The second-order valence-corrected chi connectivity index (χ2v) is 5.07. The molecule has 0 spiro atoms. The molecule has 0 aromatic carbocycles. The maximum absolute atomic E-state index is 4.53. The van der Waals surface area contributed by atoms with Gasteiger partial charge >= 0.3 is 0 Å². The molecule has 0 amide bonds. The van der Waals surface area contributed by atoms with Crippen LogP contribution in [0, 0.1) is 0 Å². The average molecular weight is 300 g/mol. The molecule has 6 heteroatoms. The van der Waals surface area contributed by atoms with Crippen LogP contribution in [0.1, 0.15) is 6.42 Å². The van der Waals surface area contributed by atoms with Crippen LogP contribution < -0.4 is 10.2 Å². The molecule has 1 N–H and O–H groups in total. The predicted molar refractivity (Wildman–Crippen MR) is 73.6 cm³/mol. The average Bonchev–Trinajstić information content (AvgIpc) is 2.54. The quantitative estimate of drug-likeness (QED) is 0.895. The summed E-state index contributed by atoms with van der Waals surface area (Å²) < 4.78 is 0.782. The minimum absolute atomic E-state index is 0.782. The SMILES string of the molecule is CNc1ncc(Br)nc1N1CCCN(C)CC1. The van der Waals surface area contributed by atoms with E-state index in [1.807, 2.05) is 7.05 Å². The monoisotopic (exact) mass is 299 g/mol. The molecule has 94 valence electrons. The van der Waals surface area contributed by atoms with Crippen molar-refractivity contribution in [3.63, 3.8) is 0 Å². The van der Waals surface area contributed by atoms with Gasteiger partial charge in [-0.2, -0.15) is 0 Å². The van der Waals surface area contributed by atoms with E-state index in [9.17, 15) is 0 Å². The Morgan fingerprint density at radius 1 is 1.29 bits per heavy atom. The summed E-state index contributed by atoms with van der Waals surface area (Å²) in [5.41, 5.74) is 0. The van der Waals surface area contributed by atoms with Gasteiger partial charge in [0.2, 0.25) is 0 Å². The highest BCUT2D eigenvalue weighted by Gasteiger charge is 2.17. The first kappa shape index (κ1) is 12.6. The minimum Gasteiger partial charge on any atom is -0.370 e. The Hall–Kier alpha value is -0.880. The first-order valence-corrected chi connectivity index (χ1v) is 6.64. The smallest absolute Gasteiger partial charge is 0.172 e. The van der Waals surface area contributed by atoms with Crippen molar-refractivity contribution in [1.82, 2.24) is 14.9 Å². The van der Waals surface area contributed by atoms with Crippen molar-refractivity contribution in [2.45, 2.75) is 6.42 Å². The van der Waals surface area contributed by atoms with Gasteiger partial charge in [-0.05, 0) is 35.9 Å². The molecule has 0 atom stereocenters. The fourth-order valence-electron chi connectivity index (χ4n) is 2.01. The number of likely N-dealkylation sites (N-methyl/N-ethyl adjacent to an activating group) is 1. The topological polar surface area (TPSA) is 44.3 Å². The Morgan fingerprint density at radius 2 is 2.12 bits per heavy atom. The van der Waals surface area contributed by atoms with Crippen LogP contribution >= 0.6 is 15.9 Å². The Labute approximate surface area is 110 Å². The molecule has 1 aliphatic heterocycles. The molecule has 17 heavy (non-hydrogen) atoms. The van der Waals surface area contributed by atoms with Crippen molar-refractivity contribution >= 4 is 27.6 Å². The molecule has 0 unspecified atom stereocenters. The summed E-state index contributed by atoms with van der Waals surface area (Å²) in [4.78, 5) is 13.5. The van der Waals surface area contributed by atoms with Crippen LogP contribution in [0.15, 0.2) is 10.8 Å². The third kappa shape index (κ3) is 3.07. The fraction of sp³-hybridized carbons (Fsp3) is 0.636. The molecule has 1 aliphatic rings. The molecular weight excluding hydrogens is 282 g/mol. The Balaban J connectivity index is 2.22. The summed E-state index contributed by atoms with van der Waals surface area (Å²) in [5.74, 6) is 1.79. The van der Waals surface area contributed by atoms with Gasteiger partial charge in [0.1, 0.15) is 4.60 Å². The van der Waals surface area contributed by atoms with Crippen LogP contribution in [0.3, 0.4) is 0 Å². The summed E-state index contributed by atoms with van der Waals surface area (Å²) in [5, 5.41) is 3.10. The van der Waals surface area contributed by atoms with Gasteiger partial charge in [-0.3, -0.25) is 0 Å². The van der Waals surface area contributed by atoms with Crippen LogP contribution in [0.4, 0.5) is 11.6 Å². The van der Waals surface area contributed by atoms with E-state index in [0.717, 1.165) is 48.8 Å². The van der Waals surface area contributed by atoms with Crippen molar-refractivity contribution < 1.29 is 0 Å². The van der Waals surface area contributed by atoms with Gasteiger partial charge in [-0.25, -0.2) is 9.97 Å². The first-order chi connectivity index (χ1) is 8.20. The van der Waals surface area contributed by atoms with Gasteiger partial charge < -0.3 is 15.1 Å². The van der Waals surface area contributed by atoms with Crippen LogP contribution in [0.2, 0.25) is 0 Å². The van der Waals surface area contributed by atoms with Crippen LogP contribution in [0.25, 0.3) is 0 Å². The molecule has 5 nitrogen and oxygen atoms in total. The Bertz CT molecular complexity index is 384. The van der Waals surface area contributed by atoms with Gasteiger partial charge in [0, 0.05) is 26.7 Å². The largest absolute Gasteiger partial charge is 0.370 e. The number of anilines is 2. The predicted octanol–water partition coefficient (Wildman–Crippen LogP) is 1.42. The lowest BCUT2D eigenvalue weighted by atomic mass is 10.4. The van der Waals surface area contributed by atoms with E-state index in [1.54, 1.807) is 6.20 Å². The molecule has 2 heterocycles. The molecule has 1 fully saturated rings. The zero-order valence-corrected chi connectivity index (χ0v) is 11.9. The highest BCUT2D eigenvalue weighted by atomic mass is 79.9. The van der Waals surface area contributed by atoms with Crippen LogP contribution in [-0.2, 0) is 0 Å². The van der Waals surface area contributed by atoms with Crippen molar-refractivity contribution in [2.75, 3.05) is 50.5 Å². The van der Waals surface area contributed by atoms with Gasteiger partial charge in [0.15, 0.2) is 11.6 Å². The second kappa shape index (κ2) is 5.64. The van der Waals surface area contributed by atoms with Gasteiger partial charge in [-0.15, -0.1) is 0 Å². The molecule has 0 bridgehead atoms. The zero-order valence-electron chi connectivity index (χ0n) is 10.3. The number of halogens is 1.